The third kappa shape index (κ3) is 2.92. The number of nitrogens with zero attached hydrogens (tertiary/aromatic N) is 1. The van der Waals surface area contributed by atoms with Crippen LogP contribution in [0.15, 0.2) is 66.7 Å². The minimum atomic E-state index is -0.384. The quantitative estimate of drug-likeness (QED) is 0.598. The monoisotopic (exact) mass is 381 g/mol. The molecule has 0 saturated heterocycles. The van der Waals surface area contributed by atoms with Crippen LogP contribution in [0.4, 0.5) is 10.5 Å². The third-order valence-corrected chi connectivity index (χ3v) is 5.55. The molecule has 1 aliphatic heterocycles. The molecule has 0 unspecified atom stereocenters. The summed E-state index contributed by atoms with van der Waals surface area (Å²) in [7, 11) is 0. The molecule has 2 aliphatic rings. The third-order valence-electron chi connectivity index (χ3n) is 5.55. The van der Waals surface area contributed by atoms with Crippen LogP contribution in [0.1, 0.15) is 22.6 Å². The lowest BCUT2D eigenvalue weighted by Gasteiger charge is -2.29. The van der Waals surface area contributed by atoms with Crippen molar-refractivity contribution in [3.8, 4) is 29.2 Å². The summed E-state index contributed by atoms with van der Waals surface area (Å²) in [4.78, 5) is 14.5. The molecular weight excluding hydrogens is 362 g/mol. The summed E-state index contributed by atoms with van der Waals surface area (Å²) in [5.74, 6) is 3.27. The van der Waals surface area contributed by atoms with Gasteiger partial charge in [-0.3, -0.25) is 4.90 Å². The van der Waals surface area contributed by atoms with Crippen molar-refractivity contribution in [1.82, 2.24) is 0 Å². The van der Waals surface area contributed by atoms with Crippen LogP contribution in [0, 0.1) is 12.3 Å². The van der Waals surface area contributed by atoms with Crippen LogP contribution < -0.4 is 9.64 Å². The highest BCUT2D eigenvalue weighted by atomic mass is 16.6. The van der Waals surface area contributed by atoms with Crippen LogP contribution in [-0.2, 0) is 4.74 Å². The lowest BCUT2D eigenvalue weighted by Crippen LogP contribution is -2.38. The van der Waals surface area contributed by atoms with Crippen molar-refractivity contribution >= 4 is 11.8 Å². The predicted molar refractivity (Wildman–Crippen MR) is 112 cm³/mol. The van der Waals surface area contributed by atoms with Crippen molar-refractivity contribution in [2.24, 2.45) is 0 Å². The highest BCUT2D eigenvalue weighted by molar-refractivity contribution is 5.90. The molecule has 1 heterocycles. The number of carbonyl (C=O) groups excluding carboxylic acids is 1. The normalized spacial score (nSPS) is 14.2. The number of amides is 1. The molecular formula is C25H19NO3. The summed E-state index contributed by atoms with van der Waals surface area (Å²) in [6.45, 7) is 1.14. The summed E-state index contributed by atoms with van der Waals surface area (Å²) in [6.07, 6.45) is 5.13. The zero-order valence-corrected chi connectivity index (χ0v) is 15.8. The van der Waals surface area contributed by atoms with E-state index in [1.807, 2.05) is 24.3 Å². The first kappa shape index (κ1) is 17.4. The average Bonchev–Trinajstić information content (AvgIpc) is 3.10. The predicted octanol–water partition coefficient (Wildman–Crippen LogP) is 4.82. The maximum atomic E-state index is 12.9. The molecule has 4 nitrogen and oxygen atoms in total. The standard InChI is InChI=1S/C25H19NO3/c1-2-17-11-12-24-23(15-17)26(13-14-28-24)25(27)29-16-22-20-9-5-3-7-18(20)19-8-4-6-10-21(19)22/h1,3-12,15,22H,13-14,16H2. The van der Waals surface area contributed by atoms with E-state index in [4.69, 9.17) is 15.9 Å². The number of hydrogen-bond donors (Lipinski definition) is 0. The Morgan fingerprint density at radius 3 is 2.45 bits per heavy atom. The molecule has 0 fully saturated rings. The van der Waals surface area contributed by atoms with Crippen LogP contribution >= 0.6 is 0 Å². The smallest absolute Gasteiger partial charge is 0.414 e. The Kier molecular flexibility index (Phi) is 4.22. The molecule has 142 valence electrons. The van der Waals surface area contributed by atoms with E-state index < -0.39 is 0 Å². The number of fused-ring (bicyclic) bond motifs is 4. The summed E-state index contributed by atoms with van der Waals surface area (Å²) < 4.78 is 11.4. The average molecular weight is 381 g/mol. The molecule has 0 spiro atoms. The van der Waals surface area contributed by atoms with Gasteiger partial charge in [-0.05, 0) is 40.5 Å². The van der Waals surface area contributed by atoms with E-state index in [9.17, 15) is 4.79 Å². The van der Waals surface area contributed by atoms with Gasteiger partial charge in [0.05, 0.1) is 12.2 Å². The van der Waals surface area contributed by atoms with E-state index in [1.165, 1.54) is 22.3 Å². The number of benzene rings is 3. The van der Waals surface area contributed by atoms with Gasteiger partial charge in [0.15, 0.2) is 0 Å². The Morgan fingerprint density at radius 1 is 1.07 bits per heavy atom. The lowest BCUT2D eigenvalue weighted by molar-refractivity contribution is 0.147. The van der Waals surface area contributed by atoms with E-state index in [-0.39, 0.29) is 18.6 Å². The molecule has 5 rings (SSSR count). The van der Waals surface area contributed by atoms with Gasteiger partial charge < -0.3 is 9.47 Å². The van der Waals surface area contributed by atoms with Gasteiger partial charge in [0.2, 0.25) is 0 Å². The first-order valence-electron chi connectivity index (χ1n) is 9.62. The van der Waals surface area contributed by atoms with Gasteiger partial charge in [0, 0.05) is 11.5 Å². The van der Waals surface area contributed by atoms with Crippen molar-refractivity contribution in [2.75, 3.05) is 24.7 Å². The molecule has 29 heavy (non-hydrogen) atoms. The zero-order chi connectivity index (χ0) is 19.8. The van der Waals surface area contributed by atoms with Crippen LogP contribution in [-0.4, -0.2) is 25.9 Å². The first-order valence-corrected chi connectivity index (χ1v) is 9.62. The van der Waals surface area contributed by atoms with Crippen LogP contribution in [0.5, 0.6) is 5.75 Å². The molecule has 1 amide bonds. The molecule has 0 bridgehead atoms. The Morgan fingerprint density at radius 2 is 1.76 bits per heavy atom. The summed E-state index contributed by atoms with van der Waals surface area (Å²) in [5, 5.41) is 0. The highest BCUT2D eigenvalue weighted by Crippen LogP contribution is 2.44. The second-order valence-corrected chi connectivity index (χ2v) is 7.13. The minimum Gasteiger partial charge on any atom is -0.490 e. The summed E-state index contributed by atoms with van der Waals surface area (Å²) in [6, 6.07) is 22.0. The van der Waals surface area contributed by atoms with Crippen LogP contribution in [0.2, 0.25) is 0 Å². The molecule has 0 N–H and O–H groups in total. The van der Waals surface area contributed by atoms with Crippen molar-refractivity contribution in [1.29, 1.82) is 0 Å². The molecule has 0 radical (unpaired) electrons. The van der Waals surface area contributed by atoms with Gasteiger partial charge in [-0.25, -0.2) is 4.79 Å². The fourth-order valence-corrected chi connectivity index (χ4v) is 4.17. The molecule has 3 aromatic carbocycles. The number of rotatable bonds is 2. The largest absolute Gasteiger partial charge is 0.490 e. The van der Waals surface area contributed by atoms with E-state index in [2.05, 4.69) is 30.2 Å². The van der Waals surface area contributed by atoms with E-state index in [1.54, 1.807) is 23.1 Å². The number of hydrogen-bond acceptors (Lipinski definition) is 3. The van der Waals surface area contributed by atoms with Crippen LogP contribution in [0.25, 0.3) is 11.1 Å². The van der Waals surface area contributed by atoms with E-state index in [0.29, 0.717) is 30.2 Å². The van der Waals surface area contributed by atoms with Gasteiger partial charge in [-0.2, -0.15) is 0 Å². The van der Waals surface area contributed by atoms with Gasteiger partial charge >= 0.3 is 6.09 Å². The molecule has 1 aliphatic carbocycles. The van der Waals surface area contributed by atoms with Crippen molar-refractivity contribution in [3.63, 3.8) is 0 Å². The highest BCUT2D eigenvalue weighted by Gasteiger charge is 2.31. The minimum absolute atomic E-state index is 0.0314. The lowest BCUT2D eigenvalue weighted by atomic mass is 9.98. The second-order valence-electron chi connectivity index (χ2n) is 7.13. The molecule has 3 aromatic rings. The molecule has 0 saturated carbocycles. The maximum Gasteiger partial charge on any atom is 0.414 e. The second kappa shape index (κ2) is 7.03. The summed E-state index contributed by atoms with van der Waals surface area (Å²) in [5.41, 5.74) is 6.16. The topological polar surface area (TPSA) is 38.8 Å². The fourth-order valence-electron chi connectivity index (χ4n) is 4.17. The van der Waals surface area contributed by atoms with Crippen molar-refractivity contribution in [3.05, 3.63) is 83.4 Å². The van der Waals surface area contributed by atoms with E-state index >= 15 is 0 Å². The van der Waals surface area contributed by atoms with Crippen molar-refractivity contribution < 1.29 is 14.3 Å². The molecule has 4 heteroatoms. The summed E-state index contributed by atoms with van der Waals surface area (Å²) >= 11 is 0. The zero-order valence-electron chi connectivity index (χ0n) is 15.8. The Balaban J connectivity index is 1.39. The number of carbonyl (C=O) groups is 1. The molecule has 0 atom stereocenters. The Labute approximate surface area is 169 Å². The first-order chi connectivity index (χ1) is 14.3. The van der Waals surface area contributed by atoms with E-state index in [0.717, 1.165) is 0 Å². The Hall–Kier alpha value is -3.71. The maximum absolute atomic E-state index is 12.9. The molecule has 0 aromatic heterocycles. The number of ether oxygens (including phenoxy) is 2. The Bertz CT molecular complexity index is 1100. The SMILES string of the molecule is C#Cc1ccc2c(c1)N(C(=O)OCC1c3ccccc3-c3ccccc31)CCO2. The van der Waals surface area contributed by atoms with Crippen LogP contribution in [0.3, 0.4) is 0 Å². The number of anilines is 1. The van der Waals surface area contributed by atoms with Gasteiger partial charge in [0.25, 0.3) is 0 Å². The van der Waals surface area contributed by atoms with Gasteiger partial charge in [0.1, 0.15) is 19.0 Å². The van der Waals surface area contributed by atoms with Crippen molar-refractivity contribution in [2.45, 2.75) is 5.92 Å². The van der Waals surface area contributed by atoms with Gasteiger partial charge in [-0.1, -0.05) is 54.5 Å². The van der Waals surface area contributed by atoms with Gasteiger partial charge in [-0.15, -0.1) is 6.42 Å². The fraction of sp³-hybridized carbons (Fsp3) is 0.160. The number of terminal acetylenes is 1.